The highest BCUT2D eigenvalue weighted by atomic mass is 32.1. The fourth-order valence-corrected chi connectivity index (χ4v) is 6.16. The standard InChI is InChI=1S/C35H48FN5O9S/c1-4-48-32(45)15-9-6-10-16-47-23-35(36)19-28(34(46)39-24(2)29-18-26(21-51-29)33(37)40-50-25(3)42)41(22-35)31(44)20-38-30(43)14-11-17-49-27-12-7-5-8-13-27/h5,7-8,12-13,18,21,24,28H,4,6,9-11,14-17,19-20,22-23H2,1-3H3,(H2,37,40)(H,38,43)(H,39,46)/t24?,28-,35+/m0/s1. The maximum Gasteiger partial charge on any atom is 0.329 e. The molecule has 4 N–H and O–H groups in total. The number of alkyl halides is 1. The molecule has 1 fully saturated rings. The fourth-order valence-electron chi connectivity index (χ4n) is 5.25. The number of rotatable bonds is 20. The van der Waals surface area contributed by atoms with E-state index in [4.69, 9.17) is 19.6 Å². The number of carbonyl (C=O) groups excluding carboxylic acids is 5. The first-order chi connectivity index (χ1) is 24.4. The van der Waals surface area contributed by atoms with Crippen molar-refractivity contribution >= 4 is 46.8 Å². The zero-order chi connectivity index (χ0) is 37.2. The number of para-hydroxylation sites is 1. The van der Waals surface area contributed by atoms with Crippen LogP contribution in [0, 0.1) is 5.41 Å². The second-order valence-corrected chi connectivity index (χ2v) is 13.1. The zero-order valence-electron chi connectivity index (χ0n) is 29.3. The number of hydroxylamine groups is 1. The van der Waals surface area contributed by atoms with Crippen molar-refractivity contribution in [2.45, 2.75) is 83.5 Å². The van der Waals surface area contributed by atoms with Gasteiger partial charge in [-0.25, -0.2) is 9.87 Å². The Morgan fingerprint density at radius 1 is 1.08 bits per heavy atom. The number of amides is 3. The average molecular weight is 734 g/mol. The van der Waals surface area contributed by atoms with E-state index in [-0.39, 0.29) is 43.8 Å². The molecule has 51 heavy (non-hydrogen) atoms. The molecule has 0 saturated carbocycles. The summed E-state index contributed by atoms with van der Waals surface area (Å²) >= 11 is 1.26. The van der Waals surface area contributed by atoms with Crippen LogP contribution in [0.25, 0.3) is 0 Å². The summed E-state index contributed by atoms with van der Waals surface area (Å²) in [5, 5.41) is 15.1. The van der Waals surface area contributed by atoms with E-state index in [9.17, 15) is 24.0 Å². The van der Waals surface area contributed by atoms with Crippen molar-refractivity contribution in [3.05, 3.63) is 52.2 Å². The van der Waals surface area contributed by atoms with Gasteiger partial charge in [0.2, 0.25) is 17.7 Å². The molecule has 0 spiro atoms. The van der Waals surface area contributed by atoms with Crippen molar-refractivity contribution in [3.8, 4) is 5.75 Å². The van der Waals surface area contributed by atoms with Crippen LogP contribution in [0.5, 0.6) is 5.75 Å². The molecule has 16 heteroatoms. The zero-order valence-corrected chi connectivity index (χ0v) is 30.1. The molecule has 0 bridgehead atoms. The van der Waals surface area contributed by atoms with E-state index >= 15 is 4.39 Å². The number of halogens is 1. The van der Waals surface area contributed by atoms with Crippen LogP contribution < -0.4 is 20.9 Å². The third-order valence-electron chi connectivity index (χ3n) is 7.84. The fraction of sp³-hybridized carbons (Fsp3) is 0.543. The number of ether oxygens (including phenoxy) is 3. The molecule has 1 aliphatic heterocycles. The highest BCUT2D eigenvalue weighted by Gasteiger charge is 2.49. The molecular weight excluding hydrogens is 685 g/mol. The van der Waals surface area contributed by atoms with Gasteiger partial charge in [0, 0.05) is 48.6 Å². The van der Waals surface area contributed by atoms with Gasteiger partial charge >= 0.3 is 11.9 Å². The van der Waals surface area contributed by atoms with Crippen molar-refractivity contribution in [3.63, 3.8) is 0 Å². The van der Waals surface area contributed by atoms with E-state index in [2.05, 4.69) is 21.0 Å². The number of amidine groups is 1. The van der Waals surface area contributed by atoms with Gasteiger partial charge in [-0.15, -0.1) is 11.3 Å². The van der Waals surface area contributed by atoms with Gasteiger partial charge in [0.25, 0.3) is 0 Å². The number of carbonyl (C=O) groups is 5. The van der Waals surface area contributed by atoms with Crippen LogP contribution in [-0.4, -0.2) is 91.6 Å². The Balaban J connectivity index is 1.56. The molecular formula is C35H48FN5O9S. The van der Waals surface area contributed by atoms with Gasteiger partial charge in [-0.2, -0.15) is 0 Å². The van der Waals surface area contributed by atoms with Crippen LogP contribution in [0.3, 0.4) is 0 Å². The van der Waals surface area contributed by atoms with Crippen molar-refractivity contribution in [1.82, 2.24) is 21.0 Å². The summed E-state index contributed by atoms with van der Waals surface area (Å²) in [5.41, 5.74) is 0.658. The molecule has 0 aliphatic carbocycles. The van der Waals surface area contributed by atoms with E-state index in [0.29, 0.717) is 61.5 Å². The first-order valence-corrected chi connectivity index (χ1v) is 17.9. The predicted molar refractivity (Wildman–Crippen MR) is 187 cm³/mol. The number of nitrogens with one attached hydrogen (secondary N) is 4. The monoisotopic (exact) mass is 733 g/mol. The molecule has 2 aromatic rings. The summed E-state index contributed by atoms with van der Waals surface area (Å²) < 4.78 is 32.3. The predicted octanol–water partition coefficient (Wildman–Crippen LogP) is 3.74. The maximum absolute atomic E-state index is 16.2. The topological polar surface area (TPSA) is 185 Å². The van der Waals surface area contributed by atoms with Crippen LogP contribution in [0.4, 0.5) is 4.39 Å². The van der Waals surface area contributed by atoms with Crippen molar-refractivity contribution < 1.29 is 47.4 Å². The molecule has 0 radical (unpaired) electrons. The minimum atomic E-state index is -2.02. The number of nitrogens with zero attached hydrogens (tertiary/aromatic N) is 1. The Kier molecular flexibility index (Phi) is 16.8. The van der Waals surface area contributed by atoms with E-state index in [1.54, 1.807) is 25.3 Å². The van der Waals surface area contributed by atoms with Crippen LogP contribution >= 0.6 is 11.3 Å². The summed E-state index contributed by atoms with van der Waals surface area (Å²) in [5.74, 6) is -1.91. The van der Waals surface area contributed by atoms with Crippen LogP contribution in [0.2, 0.25) is 0 Å². The SMILES string of the molecule is CCOC(=O)CCCCCOC[C@@]1(F)C[C@@H](C(=O)NC(C)c2cc(C(=N)NOC(C)=O)cs2)N(C(=O)CNC(=O)CCCOc2ccccc2)C1. The van der Waals surface area contributed by atoms with Gasteiger partial charge in [-0.05, 0) is 51.3 Å². The summed E-state index contributed by atoms with van der Waals surface area (Å²) in [7, 11) is 0. The Morgan fingerprint density at radius 2 is 1.84 bits per heavy atom. The third-order valence-corrected chi connectivity index (χ3v) is 8.95. The van der Waals surface area contributed by atoms with E-state index in [1.165, 1.54) is 18.3 Å². The van der Waals surface area contributed by atoms with Gasteiger partial charge in [0.15, 0.2) is 11.5 Å². The minimum Gasteiger partial charge on any atom is -0.494 e. The van der Waals surface area contributed by atoms with Gasteiger partial charge < -0.3 is 34.6 Å². The van der Waals surface area contributed by atoms with Crippen LogP contribution in [0.15, 0.2) is 41.8 Å². The molecule has 1 aromatic heterocycles. The summed E-state index contributed by atoms with van der Waals surface area (Å²) in [6.45, 7) is 4.37. The Bertz CT molecular complexity index is 1480. The molecule has 3 atom stereocenters. The molecule has 2 heterocycles. The number of unbranched alkanes of at least 4 members (excludes halogenated alkanes) is 2. The van der Waals surface area contributed by atoms with Crippen molar-refractivity contribution in [2.24, 2.45) is 0 Å². The lowest BCUT2D eigenvalue weighted by molar-refractivity contribution is -0.145. The molecule has 3 amide bonds. The highest BCUT2D eigenvalue weighted by molar-refractivity contribution is 7.10. The third kappa shape index (κ3) is 14.3. The number of benzene rings is 1. The Morgan fingerprint density at radius 3 is 2.57 bits per heavy atom. The molecule has 1 aromatic carbocycles. The lowest BCUT2D eigenvalue weighted by Crippen LogP contribution is -2.49. The van der Waals surface area contributed by atoms with Crippen molar-refractivity contribution in [1.29, 1.82) is 5.41 Å². The minimum absolute atomic E-state index is 0.110. The first kappa shape index (κ1) is 40.9. The van der Waals surface area contributed by atoms with Crippen molar-refractivity contribution in [2.75, 3.05) is 39.5 Å². The number of thiophene rings is 1. The second-order valence-electron chi connectivity index (χ2n) is 12.1. The number of likely N-dealkylation sites (tertiary alicyclic amines) is 1. The van der Waals surface area contributed by atoms with E-state index < -0.39 is 48.6 Å². The Labute approximate surface area is 301 Å². The second kappa shape index (κ2) is 20.9. The summed E-state index contributed by atoms with van der Waals surface area (Å²) in [6, 6.07) is 9.08. The largest absolute Gasteiger partial charge is 0.494 e. The Hall–Kier alpha value is -4.57. The summed E-state index contributed by atoms with van der Waals surface area (Å²) in [4.78, 5) is 68.4. The van der Waals surface area contributed by atoms with Crippen LogP contribution in [-0.2, 0) is 38.3 Å². The number of hydrogen-bond acceptors (Lipinski definition) is 11. The molecule has 1 aliphatic rings. The first-order valence-electron chi connectivity index (χ1n) is 17.0. The highest BCUT2D eigenvalue weighted by Crippen LogP contribution is 2.32. The molecule has 1 saturated heterocycles. The normalized spacial score (nSPS) is 17.3. The van der Waals surface area contributed by atoms with Gasteiger partial charge in [-0.3, -0.25) is 29.4 Å². The smallest absolute Gasteiger partial charge is 0.329 e. The molecule has 280 valence electrons. The van der Waals surface area contributed by atoms with Gasteiger partial charge in [0.05, 0.1) is 39.0 Å². The lowest BCUT2D eigenvalue weighted by atomic mass is 10.0. The molecule has 3 rings (SSSR count). The van der Waals surface area contributed by atoms with Gasteiger partial charge in [-0.1, -0.05) is 24.6 Å². The summed E-state index contributed by atoms with van der Waals surface area (Å²) in [6.07, 6.45) is 2.42. The molecule has 1 unspecified atom stereocenters. The van der Waals surface area contributed by atoms with Gasteiger partial charge in [0.1, 0.15) is 11.8 Å². The van der Waals surface area contributed by atoms with E-state index in [1.807, 2.05) is 30.3 Å². The quantitative estimate of drug-likeness (QED) is 0.0514. The number of hydrogen-bond donors (Lipinski definition) is 4. The lowest BCUT2D eigenvalue weighted by Gasteiger charge is -2.25. The number of esters is 1. The van der Waals surface area contributed by atoms with Crippen LogP contribution in [0.1, 0.15) is 82.2 Å². The maximum atomic E-state index is 16.2. The molecule has 14 nitrogen and oxygen atoms in total. The van der Waals surface area contributed by atoms with E-state index in [0.717, 1.165) is 4.90 Å². The average Bonchev–Trinajstić information content (AvgIpc) is 3.74.